The number of rotatable bonds is 6. The van der Waals surface area contributed by atoms with Crippen LogP contribution >= 0.6 is 0 Å². The molecule has 2 aromatic carbocycles. The Morgan fingerprint density at radius 2 is 1.94 bits per heavy atom. The van der Waals surface area contributed by atoms with Crippen molar-refractivity contribution in [3.63, 3.8) is 0 Å². The number of aromatic nitrogens is 1. The highest BCUT2D eigenvalue weighted by Crippen LogP contribution is 2.31. The smallest absolute Gasteiger partial charge is 0.234 e. The van der Waals surface area contributed by atoms with Crippen molar-refractivity contribution >= 4 is 5.91 Å². The zero-order valence-corrected chi connectivity index (χ0v) is 17.5. The van der Waals surface area contributed by atoms with Crippen LogP contribution in [0.2, 0.25) is 0 Å². The van der Waals surface area contributed by atoms with Crippen LogP contribution in [-0.2, 0) is 17.8 Å². The number of ether oxygens (including phenoxy) is 1. The third-order valence-corrected chi connectivity index (χ3v) is 5.33. The number of carbonyl (C=O) groups is 1. The summed E-state index contributed by atoms with van der Waals surface area (Å²) in [5.74, 6) is 0.345. The van der Waals surface area contributed by atoms with E-state index in [0.29, 0.717) is 25.1 Å². The number of nitrogens with zero attached hydrogens (tertiary/aromatic N) is 2. The minimum atomic E-state index is -0.497. The van der Waals surface area contributed by atoms with Gasteiger partial charge < -0.3 is 10.1 Å². The molecule has 0 unspecified atom stereocenters. The average molecular weight is 420 g/mol. The SMILES string of the molecule is C[C@H](Cc1ccccn1)NC(=O)CN1Cc2ccccc2O[C@H](c2ccccc2F)C1. The van der Waals surface area contributed by atoms with Gasteiger partial charge in [0.15, 0.2) is 0 Å². The number of amides is 1. The Morgan fingerprint density at radius 1 is 1.16 bits per heavy atom. The van der Waals surface area contributed by atoms with Gasteiger partial charge in [-0.05, 0) is 31.2 Å². The van der Waals surface area contributed by atoms with Crippen molar-refractivity contribution in [3.8, 4) is 5.75 Å². The van der Waals surface area contributed by atoms with Gasteiger partial charge in [-0.2, -0.15) is 0 Å². The normalized spacial score (nSPS) is 17.2. The van der Waals surface area contributed by atoms with Gasteiger partial charge in [-0.25, -0.2) is 4.39 Å². The Bertz CT molecular complexity index is 1030. The molecule has 0 spiro atoms. The Kier molecular flexibility index (Phi) is 6.57. The molecule has 0 bridgehead atoms. The van der Waals surface area contributed by atoms with Gasteiger partial charge in [0, 0.05) is 48.6 Å². The number of carbonyl (C=O) groups excluding carboxylic acids is 1. The number of hydrogen-bond acceptors (Lipinski definition) is 4. The van der Waals surface area contributed by atoms with Crippen LogP contribution in [-0.4, -0.2) is 34.9 Å². The van der Waals surface area contributed by atoms with Gasteiger partial charge in [0.2, 0.25) is 5.91 Å². The van der Waals surface area contributed by atoms with Crippen molar-refractivity contribution in [2.45, 2.75) is 32.0 Å². The van der Waals surface area contributed by atoms with E-state index in [1.54, 1.807) is 24.4 Å². The van der Waals surface area contributed by atoms with Gasteiger partial charge in [0.05, 0.1) is 6.54 Å². The molecular formula is C25H26FN3O2. The average Bonchev–Trinajstić information content (AvgIpc) is 2.93. The first kappa shape index (κ1) is 21.0. The van der Waals surface area contributed by atoms with Gasteiger partial charge in [-0.3, -0.25) is 14.7 Å². The van der Waals surface area contributed by atoms with Crippen LogP contribution in [0.15, 0.2) is 72.9 Å². The summed E-state index contributed by atoms with van der Waals surface area (Å²) in [6.45, 7) is 3.14. The van der Waals surface area contributed by atoms with Gasteiger partial charge in [-0.15, -0.1) is 0 Å². The van der Waals surface area contributed by atoms with Crippen LogP contribution in [0, 0.1) is 5.82 Å². The quantitative estimate of drug-likeness (QED) is 0.658. The lowest BCUT2D eigenvalue weighted by Gasteiger charge is -2.24. The van der Waals surface area contributed by atoms with Crippen molar-refractivity contribution in [2.24, 2.45) is 0 Å². The molecule has 160 valence electrons. The number of pyridine rings is 1. The second-order valence-electron chi connectivity index (χ2n) is 7.90. The Balaban J connectivity index is 1.46. The summed E-state index contributed by atoms with van der Waals surface area (Å²) in [6.07, 6.45) is 1.92. The molecule has 0 saturated heterocycles. The molecule has 5 nitrogen and oxygen atoms in total. The molecule has 2 atom stereocenters. The second kappa shape index (κ2) is 9.71. The van der Waals surface area contributed by atoms with Crippen molar-refractivity contribution < 1.29 is 13.9 Å². The second-order valence-corrected chi connectivity index (χ2v) is 7.90. The van der Waals surface area contributed by atoms with Crippen LogP contribution < -0.4 is 10.1 Å². The maximum Gasteiger partial charge on any atom is 0.234 e. The van der Waals surface area contributed by atoms with Crippen molar-refractivity contribution in [1.29, 1.82) is 0 Å². The zero-order valence-electron chi connectivity index (χ0n) is 17.5. The van der Waals surface area contributed by atoms with Crippen LogP contribution in [0.5, 0.6) is 5.75 Å². The van der Waals surface area contributed by atoms with Crippen molar-refractivity contribution in [1.82, 2.24) is 15.2 Å². The van der Waals surface area contributed by atoms with Gasteiger partial charge >= 0.3 is 0 Å². The minimum absolute atomic E-state index is 0.0414. The first-order valence-corrected chi connectivity index (χ1v) is 10.5. The number of nitrogens with one attached hydrogen (secondary N) is 1. The van der Waals surface area contributed by atoms with Crippen LogP contribution in [0.25, 0.3) is 0 Å². The Labute approximate surface area is 181 Å². The van der Waals surface area contributed by atoms with E-state index in [9.17, 15) is 9.18 Å². The maximum absolute atomic E-state index is 14.5. The molecule has 1 amide bonds. The zero-order chi connectivity index (χ0) is 21.6. The molecule has 6 heteroatoms. The first-order chi connectivity index (χ1) is 15.1. The van der Waals surface area contributed by atoms with Crippen LogP contribution in [0.1, 0.15) is 29.8 Å². The molecule has 0 fully saturated rings. The van der Waals surface area contributed by atoms with Gasteiger partial charge in [-0.1, -0.05) is 42.5 Å². The van der Waals surface area contributed by atoms with E-state index in [-0.39, 0.29) is 24.3 Å². The van der Waals surface area contributed by atoms with E-state index in [2.05, 4.69) is 10.3 Å². The summed E-state index contributed by atoms with van der Waals surface area (Å²) < 4.78 is 20.6. The van der Waals surface area contributed by atoms with E-state index < -0.39 is 6.10 Å². The molecule has 4 rings (SSSR count). The number of para-hydroxylation sites is 1. The summed E-state index contributed by atoms with van der Waals surface area (Å²) in [5, 5.41) is 3.05. The first-order valence-electron chi connectivity index (χ1n) is 10.5. The van der Waals surface area contributed by atoms with Gasteiger partial charge in [0.25, 0.3) is 0 Å². The van der Waals surface area contributed by atoms with Crippen LogP contribution in [0.4, 0.5) is 4.39 Å². The fraction of sp³-hybridized carbons (Fsp3) is 0.280. The maximum atomic E-state index is 14.5. The Hall–Kier alpha value is -3.25. The minimum Gasteiger partial charge on any atom is -0.484 e. The standard InChI is InChI=1S/C25H26FN3O2/c1-18(14-20-9-6-7-13-27-20)28-25(30)17-29-15-19-8-2-5-12-23(19)31-24(16-29)21-10-3-4-11-22(21)26/h2-13,18,24H,14-17H2,1H3,(H,28,30)/t18-,24+/m1/s1. The molecule has 1 aromatic heterocycles. The summed E-state index contributed by atoms with van der Waals surface area (Å²) in [5.41, 5.74) is 2.41. The monoisotopic (exact) mass is 419 g/mol. The lowest BCUT2D eigenvalue weighted by atomic mass is 10.1. The molecule has 0 aliphatic carbocycles. The molecule has 1 N–H and O–H groups in total. The fourth-order valence-electron chi connectivity index (χ4n) is 3.91. The van der Waals surface area contributed by atoms with E-state index >= 15 is 0 Å². The molecule has 3 aromatic rings. The number of halogens is 1. The lowest BCUT2D eigenvalue weighted by molar-refractivity contribution is -0.123. The van der Waals surface area contributed by atoms with E-state index in [0.717, 1.165) is 17.0 Å². The highest BCUT2D eigenvalue weighted by atomic mass is 19.1. The van der Waals surface area contributed by atoms with Gasteiger partial charge in [0.1, 0.15) is 17.7 Å². The van der Waals surface area contributed by atoms with E-state index in [4.69, 9.17) is 4.74 Å². The van der Waals surface area contributed by atoms with Crippen molar-refractivity contribution in [3.05, 3.63) is 95.6 Å². The molecule has 31 heavy (non-hydrogen) atoms. The highest BCUT2D eigenvalue weighted by Gasteiger charge is 2.27. The number of fused-ring (bicyclic) bond motifs is 1. The third kappa shape index (κ3) is 5.47. The summed E-state index contributed by atoms with van der Waals surface area (Å²) in [6, 6.07) is 20.1. The number of benzene rings is 2. The molecule has 1 aliphatic rings. The molecule has 1 aliphatic heterocycles. The third-order valence-electron chi connectivity index (χ3n) is 5.33. The van der Waals surface area contributed by atoms with Crippen LogP contribution in [0.3, 0.4) is 0 Å². The topological polar surface area (TPSA) is 54.5 Å². The summed E-state index contributed by atoms with van der Waals surface area (Å²) in [4.78, 5) is 19.1. The van der Waals surface area contributed by atoms with Crippen molar-refractivity contribution in [2.75, 3.05) is 13.1 Å². The fourth-order valence-corrected chi connectivity index (χ4v) is 3.91. The molecular weight excluding hydrogens is 393 g/mol. The molecule has 0 saturated carbocycles. The summed E-state index contributed by atoms with van der Waals surface area (Å²) >= 11 is 0. The molecule has 0 radical (unpaired) electrons. The lowest BCUT2D eigenvalue weighted by Crippen LogP contribution is -2.42. The summed E-state index contributed by atoms with van der Waals surface area (Å²) in [7, 11) is 0. The van der Waals surface area contributed by atoms with E-state index in [1.165, 1.54) is 6.07 Å². The number of hydrogen-bond donors (Lipinski definition) is 1. The predicted molar refractivity (Wildman–Crippen MR) is 117 cm³/mol. The predicted octanol–water partition coefficient (Wildman–Crippen LogP) is 3.90. The van der Waals surface area contributed by atoms with E-state index in [1.807, 2.05) is 54.3 Å². The highest BCUT2D eigenvalue weighted by molar-refractivity contribution is 5.78. The Morgan fingerprint density at radius 3 is 2.74 bits per heavy atom. The molecule has 2 heterocycles. The largest absolute Gasteiger partial charge is 0.484 e.